The van der Waals surface area contributed by atoms with Crippen molar-refractivity contribution in [3.63, 3.8) is 0 Å². The van der Waals surface area contributed by atoms with Gasteiger partial charge in [0.1, 0.15) is 0 Å². The summed E-state index contributed by atoms with van der Waals surface area (Å²) in [5, 5.41) is 0. The van der Waals surface area contributed by atoms with Crippen LogP contribution < -0.4 is 0 Å². The molecule has 0 bridgehead atoms. The number of nitrogens with zero attached hydrogens (tertiary/aromatic N) is 3. The Kier molecular flexibility index (Phi) is 4.87. The Morgan fingerprint density at radius 2 is 1.67 bits per heavy atom. The molecule has 0 aliphatic carbocycles. The van der Waals surface area contributed by atoms with Crippen LogP contribution in [0.5, 0.6) is 0 Å². The highest BCUT2D eigenvalue weighted by molar-refractivity contribution is 6.34. The highest BCUT2D eigenvalue weighted by Gasteiger charge is 2.32. The third kappa shape index (κ3) is 3.44. The Bertz CT molecular complexity index is 605. The van der Waals surface area contributed by atoms with Crippen LogP contribution in [-0.4, -0.2) is 71.7 Å². The lowest BCUT2D eigenvalue weighted by Gasteiger charge is -2.36. The maximum absolute atomic E-state index is 12.4. The van der Waals surface area contributed by atoms with E-state index in [1.807, 2.05) is 0 Å². The van der Waals surface area contributed by atoms with E-state index >= 15 is 0 Å². The Labute approximate surface area is 141 Å². The highest BCUT2D eigenvalue weighted by Crippen LogP contribution is 2.16. The molecule has 3 rings (SSSR count). The molecule has 1 aromatic heterocycles. The largest absolute Gasteiger partial charge is 0.459 e. The van der Waals surface area contributed by atoms with Crippen LogP contribution in [0.25, 0.3) is 0 Å². The Balaban J connectivity index is 1.53. The van der Waals surface area contributed by atoms with Gasteiger partial charge in [-0.2, -0.15) is 0 Å². The first kappa shape index (κ1) is 16.5. The molecule has 130 valence electrons. The van der Waals surface area contributed by atoms with Gasteiger partial charge in [-0.3, -0.25) is 14.4 Å². The van der Waals surface area contributed by atoms with Gasteiger partial charge in [-0.25, -0.2) is 0 Å². The molecule has 1 unspecified atom stereocenters. The van der Waals surface area contributed by atoms with Crippen LogP contribution in [0.15, 0.2) is 22.8 Å². The van der Waals surface area contributed by atoms with Crippen molar-refractivity contribution in [2.24, 2.45) is 5.92 Å². The molecular formula is C17H23N3O4. The second kappa shape index (κ2) is 7.07. The summed E-state index contributed by atoms with van der Waals surface area (Å²) < 4.78 is 5.12. The lowest BCUT2D eigenvalue weighted by molar-refractivity contribution is -0.153. The maximum atomic E-state index is 12.4. The predicted molar refractivity (Wildman–Crippen MR) is 86.2 cm³/mol. The molecule has 3 heterocycles. The van der Waals surface area contributed by atoms with E-state index in [9.17, 15) is 14.4 Å². The summed E-state index contributed by atoms with van der Waals surface area (Å²) in [6, 6.07) is 3.30. The van der Waals surface area contributed by atoms with Gasteiger partial charge in [0, 0.05) is 39.3 Å². The molecule has 0 radical (unpaired) electrons. The molecule has 3 amide bonds. The topological polar surface area (TPSA) is 74.1 Å². The zero-order valence-electron chi connectivity index (χ0n) is 13.9. The highest BCUT2D eigenvalue weighted by atomic mass is 16.3. The maximum Gasteiger partial charge on any atom is 0.312 e. The van der Waals surface area contributed by atoms with E-state index < -0.39 is 11.8 Å². The number of hydrogen-bond acceptors (Lipinski definition) is 4. The van der Waals surface area contributed by atoms with Gasteiger partial charge in [0.05, 0.1) is 6.26 Å². The van der Waals surface area contributed by atoms with E-state index in [2.05, 4.69) is 6.92 Å². The molecule has 1 atom stereocenters. The van der Waals surface area contributed by atoms with Gasteiger partial charge in [0.25, 0.3) is 5.91 Å². The van der Waals surface area contributed by atoms with Gasteiger partial charge >= 0.3 is 11.8 Å². The van der Waals surface area contributed by atoms with Crippen LogP contribution >= 0.6 is 0 Å². The van der Waals surface area contributed by atoms with Crippen LogP contribution in [0.3, 0.4) is 0 Å². The molecule has 2 fully saturated rings. The number of rotatable bonds is 1. The third-order valence-corrected chi connectivity index (χ3v) is 4.71. The summed E-state index contributed by atoms with van der Waals surface area (Å²) >= 11 is 0. The van der Waals surface area contributed by atoms with Crippen molar-refractivity contribution in [1.82, 2.24) is 14.7 Å². The number of carbonyl (C=O) groups excluding carboxylic acids is 3. The molecule has 0 spiro atoms. The summed E-state index contributed by atoms with van der Waals surface area (Å²) in [7, 11) is 0. The van der Waals surface area contributed by atoms with Gasteiger partial charge in [-0.1, -0.05) is 6.92 Å². The quantitative estimate of drug-likeness (QED) is 0.713. The lowest BCUT2D eigenvalue weighted by Crippen LogP contribution is -2.55. The fourth-order valence-corrected chi connectivity index (χ4v) is 3.31. The summed E-state index contributed by atoms with van der Waals surface area (Å²) in [6.45, 7) is 4.99. The minimum absolute atomic E-state index is 0.178. The number of hydrogen-bond donors (Lipinski definition) is 0. The van der Waals surface area contributed by atoms with Crippen molar-refractivity contribution in [3.05, 3.63) is 24.2 Å². The second-order valence-electron chi connectivity index (χ2n) is 6.56. The molecule has 7 heteroatoms. The standard InChI is InChI=1S/C17H23N3O4/c1-13-4-2-6-20(12-13)17(23)16(22)19-9-7-18(8-10-19)15(21)14-5-3-11-24-14/h3,5,11,13H,2,4,6-10,12H2,1H3. The van der Waals surface area contributed by atoms with Crippen LogP contribution in [0, 0.1) is 5.92 Å². The van der Waals surface area contributed by atoms with Crippen LogP contribution in [0.4, 0.5) is 0 Å². The van der Waals surface area contributed by atoms with Crippen LogP contribution in [0.1, 0.15) is 30.3 Å². The summed E-state index contributed by atoms with van der Waals surface area (Å²) in [4.78, 5) is 41.9. The van der Waals surface area contributed by atoms with Crippen LogP contribution in [-0.2, 0) is 9.59 Å². The summed E-state index contributed by atoms with van der Waals surface area (Å²) in [5.41, 5.74) is 0. The number of carbonyl (C=O) groups is 3. The van der Waals surface area contributed by atoms with E-state index in [0.29, 0.717) is 50.9 Å². The van der Waals surface area contributed by atoms with E-state index in [-0.39, 0.29) is 5.91 Å². The fraction of sp³-hybridized carbons (Fsp3) is 0.588. The third-order valence-electron chi connectivity index (χ3n) is 4.71. The van der Waals surface area contributed by atoms with Gasteiger partial charge in [0.2, 0.25) is 0 Å². The van der Waals surface area contributed by atoms with Gasteiger partial charge < -0.3 is 19.1 Å². The van der Waals surface area contributed by atoms with E-state index in [1.165, 1.54) is 6.26 Å². The summed E-state index contributed by atoms with van der Waals surface area (Å²) in [6.07, 6.45) is 3.52. The molecular weight excluding hydrogens is 310 g/mol. The smallest absolute Gasteiger partial charge is 0.312 e. The normalized spacial score (nSPS) is 21.7. The van der Waals surface area contributed by atoms with Crippen molar-refractivity contribution in [2.75, 3.05) is 39.3 Å². The van der Waals surface area contributed by atoms with Crippen molar-refractivity contribution >= 4 is 17.7 Å². The number of piperidine rings is 1. The van der Waals surface area contributed by atoms with Gasteiger partial charge in [0.15, 0.2) is 5.76 Å². The number of furan rings is 1. The molecule has 24 heavy (non-hydrogen) atoms. The predicted octanol–water partition coefficient (Wildman–Crippen LogP) is 0.822. The monoisotopic (exact) mass is 333 g/mol. The Morgan fingerprint density at radius 1 is 1.00 bits per heavy atom. The van der Waals surface area contributed by atoms with Crippen molar-refractivity contribution in [3.8, 4) is 0 Å². The number of likely N-dealkylation sites (tertiary alicyclic amines) is 1. The first-order valence-corrected chi connectivity index (χ1v) is 8.47. The fourth-order valence-electron chi connectivity index (χ4n) is 3.31. The SMILES string of the molecule is CC1CCCN(C(=O)C(=O)N2CCN(C(=O)c3ccco3)CC2)C1. The van der Waals surface area contributed by atoms with Crippen molar-refractivity contribution < 1.29 is 18.8 Å². The molecule has 0 N–H and O–H groups in total. The van der Waals surface area contributed by atoms with Crippen molar-refractivity contribution in [1.29, 1.82) is 0 Å². The van der Waals surface area contributed by atoms with Gasteiger partial charge in [-0.15, -0.1) is 0 Å². The Hall–Kier alpha value is -2.31. The molecule has 0 aromatic carbocycles. The molecule has 2 aliphatic rings. The first-order valence-electron chi connectivity index (χ1n) is 8.47. The van der Waals surface area contributed by atoms with Crippen molar-refractivity contribution in [2.45, 2.75) is 19.8 Å². The number of amides is 3. The minimum atomic E-state index is -0.450. The molecule has 0 saturated carbocycles. The van der Waals surface area contributed by atoms with Crippen LogP contribution in [0.2, 0.25) is 0 Å². The molecule has 1 aromatic rings. The Morgan fingerprint density at radius 3 is 2.29 bits per heavy atom. The van der Waals surface area contributed by atoms with E-state index in [0.717, 1.165) is 12.8 Å². The average molecular weight is 333 g/mol. The second-order valence-corrected chi connectivity index (χ2v) is 6.56. The lowest BCUT2D eigenvalue weighted by atomic mass is 10.0. The van der Waals surface area contributed by atoms with E-state index in [1.54, 1.807) is 26.8 Å². The zero-order chi connectivity index (χ0) is 17.1. The average Bonchev–Trinajstić information content (AvgIpc) is 3.14. The number of piperazine rings is 1. The molecule has 2 saturated heterocycles. The molecule has 7 nitrogen and oxygen atoms in total. The van der Waals surface area contributed by atoms with E-state index in [4.69, 9.17) is 4.42 Å². The minimum Gasteiger partial charge on any atom is -0.459 e. The zero-order valence-corrected chi connectivity index (χ0v) is 13.9. The first-order chi connectivity index (χ1) is 11.6. The molecule has 2 aliphatic heterocycles. The summed E-state index contributed by atoms with van der Waals surface area (Å²) in [5.74, 6) is -0.295. The van der Waals surface area contributed by atoms with Gasteiger partial charge in [-0.05, 0) is 30.9 Å².